The molecule has 6 heteroatoms. The van der Waals surface area contributed by atoms with E-state index in [9.17, 15) is 4.79 Å². The van der Waals surface area contributed by atoms with Gasteiger partial charge in [0.1, 0.15) is 0 Å². The lowest BCUT2D eigenvalue weighted by atomic mass is 9.92. The van der Waals surface area contributed by atoms with Crippen molar-refractivity contribution in [3.05, 3.63) is 28.2 Å². The first kappa shape index (κ1) is 16.2. The Bertz CT molecular complexity index is 498. The molecule has 1 amide bonds. The minimum Gasteiger partial charge on any atom is -0.331 e. The molecular weight excluding hydrogens is 303 g/mol. The maximum absolute atomic E-state index is 11.7. The van der Waals surface area contributed by atoms with Crippen LogP contribution in [0.25, 0.3) is 0 Å². The van der Waals surface area contributed by atoms with Crippen molar-refractivity contribution in [3.63, 3.8) is 0 Å². The molecule has 2 N–H and O–H groups in total. The Morgan fingerprint density at radius 1 is 1.32 bits per heavy atom. The predicted molar refractivity (Wildman–Crippen MR) is 84.9 cm³/mol. The molecule has 0 aromatic heterocycles. The highest BCUT2D eigenvalue weighted by atomic mass is 35.5. The molecule has 0 unspecified atom stereocenters. The lowest BCUT2D eigenvalue weighted by Crippen LogP contribution is -2.36. The molecule has 0 heterocycles. The summed E-state index contributed by atoms with van der Waals surface area (Å²) in [6.45, 7) is 5.96. The van der Waals surface area contributed by atoms with E-state index in [0.29, 0.717) is 22.2 Å². The second-order valence-electron chi connectivity index (χ2n) is 5.36. The first-order valence-electron chi connectivity index (χ1n) is 5.73. The fourth-order valence-corrected chi connectivity index (χ4v) is 2.08. The fourth-order valence-electron chi connectivity index (χ4n) is 1.40. The molecule has 0 fully saturated rings. The molecule has 0 radical (unpaired) electrons. The highest BCUT2D eigenvalue weighted by Gasteiger charge is 2.16. The number of hydrogen-bond donors (Lipinski definition) is 2. The molecule has 1 aromatic carbocycles. The van der Waals surface area contributed by atoms with Gasteiger partial charge in [0.25, 0.3) is 0 Å². The van der Waals surface area contributed by atoms with Crippen molar-refractivity contribution < 1.29 is 4.79 Å². The van der Waals surface area contributed by atoms with Crippen LogP contribution in [0, 0.1) is 5.41 Å². The van der Waals surface area contributed by atoms with Gasteiger partial charge in [-0.05, 0) is 35.8 Å². The summed E-state index contributed by atoms with van der Waals surface area (Å²) in [4.78, 5) is 11.7. The second kappa shape index (κ2) is 6.55. The third kappa shape index (κ3) is 6.23. The number of benzene rings is 1. The number of carbonyl (C=O) groups is 1. The zero-order chi connectivity index (χ0) is 14.6. The maximum Gasteiger partial charge on any atom is 0.226 e. The van der Waals surface area contributed by atoms with E-state index in [1.807, 2.05) is 20.8 Å². The van der Waals surface area contributed by atoms with Crippen LogP contribution in [0.4, 0.5) is 5.69 Å². The van der Waals surface area contributed by atoms with Crippen molar-refractivity contribution in [2.45, 2.75) is 27.2 Å². The molecule has 104 valence electrons. The van der Waals surface area contributed by atoms with Crippen molar-refractivity contribution in [1.29, 1.82) is 0 Å². The summed E-state index contributed by atoms with van der Waals surface area (Å²) < 4.78 is 0. The first-order chi connectivity index (χ1) is 8.67. The Morgan fingerprint density at radius 3 is 2.47 bits per heavy atom. The Kier molecular flexibility index (Phi) is 5.59. The number of rotatable bonds is 2. The highest BCUT2D eigenvalue weighted by molar-refractivity contribution is 7.80. The second-order valence-corrected chi connectivity index (χ2v) is 6.62. The topological polar surface area (TPSA) is 41.1 Å². The van der Waals surface area contributed by atoms with Gasteiger partial charge in [-0.25, -0.2) is 0 Å². The summed E-state index contributed by atoms with van der Waals surface area (Å²) in [6, 6.07) is 4.99. The predicted octanol–water partition coefficient (Wildman–Crippen LogP) is 4.24. The molecular formula is C13H16Cl2N2OS. The molecule has 0 atom stereocenters. The third-order valence-electron chi connectivity index (χ3n) is 2.12. The molecule has 0 saturated carbocycles. The van der Waals surface area contributed by atoms with Crippen LogP contribution in [0.15, 0.2) is 18.2 Å². The van der Waals surface area contributed by atoms with E-state index in [-0.39, 0.29) is 16.4 Å². The van der Waals surface area contributed by atoms with Crippen LogP contribution in [-0.2, 0) is 4.79 Å². The molecule has 19 heavy (non-hydrogen) atoms. The fraction of sp³-hybridized carbons (Fsp3) is 0.385. The van der Waals surface area contributed by atoms with Crippen LogP contribution >= 0.6 is 35.4 Å². The van der Waals surface area contributed by atoms with Gasteiger partial charge in [-0.1, -0.05) is 44.0 Å². The average Bonchev–Trinajstić information content (AvgIpc) is 2.19. The van der Waals surface area contributed by atoms with Gasteiger partial charge in [-0.3, -0.25) is 4.79 Å². The molecule has 0 aliphatic rings. The van der Waals surface area contributed by atoms with Crippen LogP contribution in [-0.4, -0.2) is 11.0 Å². The van der Waals surface area contributed by atoms with Gasteiger partial charge in [0, 0.05) is 11.4 Å². The van der Waals surface area contributed by atoms with Crippen molar-refractivity contribution in [2.24, 2.45) is 5.41 Å². The summed E-state index contributed by atoms with van der Waals surface area (Å²) in [6.07, 6.45) is 0.392. The Morgan fingerprint density at radius 2 is 1.95 bits per heavy atom. The van der Waals surface area contributed by atoms with Crippen molar-refractivity contribution in [1.82, 2.24) is 5.32 Å². The van der Waals surface area contributed by atoms with Crippen molar-refractivity contribution in [2.75, 3.05) is 5.32 Å². The Labute approximate surface area is 128 Å². The molecule has 1 rings (SSSR count). The number of nitrogens with one attached hydrogen (secondary N) is 2. The van der Waals surface area contributed by atoms with E-state index < -0.39 is 0 Å². The zero-order valence-corrected chi connectivity index (χ0v) is 13.3. The zero-order valence-electron chi connectivity index (χ0n) is 11.0. The third-order valence-corrected chi connectivity index (χ3v) is 2.88. The van der Waals surface area contributed by atoms with E-state index in [1.165, 1.54) is 0 Å². The highest BCUT2D eigenvalue weighted by Crippen LogP contribution is 2.25. The molecule has 1 aromatic rings. The van der Waals surface area contributed by atoms with E-state index >= 15 is 0 Å². The minimum absolute atomic E-state index is 0.0857. The quantitative estimate of drug-likeness (QED) is 0.801. The van der Waals surface area contributed by atoms with Gasteiger partial charge in [-0.15, -0.1) is 0 Å². The SMILES string of the molecule is CC(C)(C)CC(=O)NC(=S)Nc1ccc(Cl)cc1Cl. The molecule has 0 aliphatic carbocycles. The standard InChI is InChI=1S/C13H16Cl2N2OS/c1-13(2,3)7-11(18)17-12(19)16-10-5-4-8(14)6-9(10)15/h4-6H,7H2,1-3H3,(H2,16,17,18,19). The molecule has 0 bridgehead atoms. The molecule has 0 aliphatic heterocycles. The van der Waals surface area contributed by atoms with E-state index in [1.54, 1.807) is 18.2 Å². The van der Waals surface area contributed by atoms with Crippen LogP contribution in [0.3, 0.4) is 0 Å². The van der Waals surface area contributed by atoms with Gasteiger partial charge in [0.15, 0.2) is 5.11 Å². The van der Waals surface area contributed by atoms with Crippen LogP contribution < -0.4 is 10.6 Å². The van der Waals surface area contributed by atoms with Crippen LogP contribution in [0.1, 0.15) is 27.2 Å². The number of anilines is 1. The number of carbonyl (C=O) groups excluding carboxylic acids is 1. The smallest absolute Gasteiger partial charge is 0.226 e. The monoisotopic (exact) mass is 318 g/mol. The van der Waals surface area contributed by atoms with E-state index in [0.717, 1.165) is 0 Å². The van der Waals surface area contributed by atoms with E-state index in [4.69, 9.17) is 35.4 Å². The minimum atomic E-state index is -0.130. The number of halogens is 2. The number of amides is 1. The largest absolute Gasteiger partial charge is 0.331 e. The number of thiocarbonyl (C=S) groups is 1. The summed E-state index contributed by atoms with van der Waals surface area (Å²) in [5, 5.41) is 6.68. The van der Waals surface area contributed by atoms with Gasteiger partial charge in [0.2, 0.25) is 5.91 Å². The van der Waals surface area contributed by atoms with E-state index in [2.05, 4.69) is 10.6 Å². The van der Waals surface area contributed by atoms with Gasteiger partial charge in [-0.2, -0.15) is 0 Å². The normalized spacial score (nSPS) is 11.0. The molecule has 3 nitrogen and oxygen atoms in total. The Balaban J connectivity index is 2.58. The van der Waals surface area contributed by atoms with Crippen molar-refractivity contribution >= 4 is 52.1 Å². The summed E-state index contributed by atoms with van der Waals surface area (Å²) in [5.74, 6) is -0.130. The number of hydrogen-bond acceptors (Lipinski definition) is 2. The summed E-state index contributed by atoms with van der Waals surface area (Å²) in [7, 11) is 0. The molecule has 0 saturated heterocycles. The average molecular weight is 319 g/mol. The van der Waals surface area contributed by atoms with Gasteiger partial charge < -0.3 is 10.6 Å². The van der Waals surface area contributed by atoms with Crippen LogP contribution in [0.2, 0.25) is 10.0 Å². The van der Waals surface area contributed by atoms with Gasteiger partial charge in [0.05, 0.1) is 10.7 Å². The molecule has 0 spiro atoms. The Hall–Kier alpha value is -0.840. The van der Waals surface area contributed by atoms with Crippen molar-refractivity contribution in [3.8, 4) is 0 Å². The lowest BCUT2D eigenvalue weighted by Gasteiger charge is -2.18. The van der Waals surface area contributed by atoms with Crippen LogP contribution in [0.5, 0.6) is 0 Å². The summed E-state index contributed by atoms with van der Waals surface area (Å²) >= 11 is 16.9. The maximum atomic E-state index is 11.7. The first-order valence-corrected chi connectivity index (χ1v) is 6.90. The lowest BCUT2D eigenvalue weighted by molar-refractivity contribution is -0.121. The summed E-state index contributed by atoms with van der Waals surface area (Å²) in [5.41, 5.74) is 0.518. The van der Waals surface area contributed by atoms with Gasteiger partial charge >= 0.3 is 0 Å².